The standard InChI is InChI=1S/C13H23N/c1-6-8-9-13(14-5)12(4)10-11(3)7-2/h6,8-11,14H,7H2,1-5H3/b8-6-,12-10-,13-9+. The van der Waals surface area contributed by atoms with E-state index >= 15 is 0 Å². The van der Waals surface area contributed by atoms with Crippen LogP contribution in [0.4, 0.5) is 0 Å². The highest BCUT2D eigenvalue weighted by Crippen LogP contribution is 2.12. The average Bonchev–Trinajstić information content (AvgIpc) is 2.18. The van der Waals surface area contributed by atoms with Gasteiger partial charge in [-0.3, -0.25) is 0 Å². The summed E-state index contributed by atoms with van der Waals surface area (Å²) in [6.07, 6.45) is 9.70. The Morgan fingerprint density at radius 3 is 2.50 bits per heavy atom. The molecular weight excluding hydrogens is 170 g/mol. The summed E-state index contributed by atoms with van der Waals surface area (Å²) < 4.78 is 0. The smallest absolute Gasteiger partial charge is 0.0364 e. The van der Waals surface area contributed by atoms with Gasteiger partial charge in [-0.25, -0.2) is 0 Å². The topological polar surface area (TPSA) is 12.0 Å². The highest BCUT2D eigenvalue weighted by Gasteiger charge is 1.98. The molecule has 0 saturated carbocycles. The van der Waals surface area contributed by atoms with Gasteiger partial charge in [-0.05, 0) is 31.4 Å². The maximum Gasteiger partial charge on any atom is 0.0364 e. The Morgan fingerprint density at radius 1 is 1.43 bits per heavy atom. The molecule has 0 amide bonds. The first-order valence-electron chi connectivity index (χ1n) is 5.35. The molecule has 0 aliphatic heterocycles. The van der Waals surface area contributed by atoms with Crippen LogP contribution in [0.5, 0.6) is 0 Å². The van der Waals surface area contributed by atoms with E-state index in [0.717, 1.165) is 0 Å². The summed E-state index contributed by atoms with van der Waals surface area (Å²) in [4.78, 5) is 0. The molecule has 0 bridgehead atoms. The summed E-state index contributed by atoms with van der Waals surface area (Å²) in [7, 11) is 1.96. The van der Waals surface area contributed by atoms with Gasteiger partial charge in [0.05, 0.1) is 0 Å². The second-order valence-electron chi connectivity index (χ2n) is 3.59. The normalized spacial score (nSPS) is 16.1. The van der Waals surface area contributed by atoms with E-state index in [1.165, 1.54) is 17.7 Å². The van der Waals surface area contributed by atoms with Crippen molar-refractivity contribution in [2.24, 2.45) is 5.92 Å². The van der Waals surface area contributed by atoms with Gasteiger partial charge in [0.25, 0.3) is 0 Å². The monoisotopic (exact) mass is 193 g/mol. The second kappa shape index (κ2) is 7.43. The molecule has 0 fully saturated rings. The third kappa shape index (κ3) is 4.90. The van der Waals surface area contributed by atoms with Crippen LogP contribution in [-0.2, 0) is 0 Å². The molecule has 1 heteroatoms. The SMILES string of the molecule is C\C=C/C=C(NC)\C(C)=C/C(C)CC. The third-order valence-corrected chi connectivity index (χ3v) is 2.33. The van der Waals surface area contributed by atoms with E-state index in [0.29, 0.717) is 5.92 Å². The summed E-state index contributed by atoms with van der Waals surface area (Å²) in [5.74, 6) is 0.650. The number of nitrogens with one attached hydrogen (secondary N) is 1. The van der Waals surface area contributed by atoms with Crippen molar-refractivity contribution in [2.75, 3.05) is 7.05 Å². The van der Waals surface area contributed by atoms with Crippen LogP contribution in [-0.4, -0.2) is 7.05 Å². The Hall–Kier alpha value is -0.980. The fraction of sp³-hybridized carbons (Fsp3) is 0.538. The van der Waals surface area contributed by atoms with E-state index in [1.807, 2.05) is 20.0 Å². The zero-order valence-electron chi connectivity index (χ0n) is 10.1. The molecule has 1 atom stereocenters. The van der Waals surface area contributed by atoms with E-state index in [-0.39, 0.29) is 0 Å². The summed E-state index contributed by atoms with van der Waals surface area (Å²) in [5.41, 5.74) is 2.52. The van der Waals surface area contributed by atoms with E-state index in [4.69, 9.17) is 0 Å². The van der Waals surface area contributed by atoms with E-state index < -0.39 is 0 Å². The van der Waals surface area contributed by atoms with E-state index in [1.54, 1.807) is 0 Å². The first-order valence-corrected chi connectivity index (χ1v) is 5.35. The number of hydrogen-bond donors (Lipinski definition) is 1. The van der Waals surface area contributed by atoms with Crippen LogP contribution in [0.15, 0.2) is 35.6 Å². The summed E-state index contributed by atoms with van der Waals surface area (Å²) in [6, 6.07) is 0. The van der Waals surface area contributed by atoms with Gasteiger partial charge in [0.15, 0.2) is 0 Å². The maximum absolute atomic E-state index is 3.21. The maximum atomic E-state index is 3.21. The number of likely N-dealkylation sites (N-methyl/N-ethyl adjacent to an activating group) is 1. The molecule has 80 valence electrons. The van der Waals surface area contributed by atoms with Crippen molar-refractivity contribution >= 4 is 0 Å². The predicted molar refractivity (Wildman–Crippen MR) is 65.2 cm³/mol. The molecule has 0 heterocycles. The summed E-state index contributed by atoms with van der Waals surface area (Å²) in [5, 5.41) is 3.21. The molecule has 0 aliphatic carbocycles. The molecule has 0 aromatic rings. The number of hydrogen-bond acceptors (Lipinski definition) is 1. The average molecular weight is 193 g/mol. The molecular formula is C13H23N. The Morgan fingerprint density at radius 2 is 2.07 bits per heavy atom. The van der Waals surface area contributed by atoms with Crippen LogP contribution in [0.25, 0.3) is 0 Å². The van der Waals surface area contributed by atoms with Gasteiger partial charge in [0.2, 0.25) is 0 Å². The lowest BCUT2D eigenvalue weighted by molar-refractivity contribution is 0.692. The van der Waals surface area contributed by atoms with Crippen molar-refractivity contribution in [3.8, 4) is 0 Å². The molecule has 0 radical (unpaired) electrons. The number of allylic oxidation sites excluding steroid dienone is 5. The van der Waals surface area contributed by atoms with Gasteiger partial charge in [-0.1, -0.05) is 38.5 Å². The van der Waals surface area contributed by atoms with Crippen LogP contribution >= 0.6 is 0 Å². The van der Waals surface area contributed by atoms with E-state index in [2.05, 4.69) is 44.3 Å². The predicted octanol–water partition coefficient (Wildman–Crippen LogP) is 3.66. The second-order valence-corrected chi connectivity index (χ2v) is 3.59. The Balaban J connectivity index is 4.60. The first-order chi connectivity index (χ1) is 6.65. The summed E-state index contributed by atoms with van der Waals surface area (Å²) >= 11 is 0. The van der Waals surface area contributed by atoms with Crippen molar-refractivity contribution in [1.29, 1.82) is 0 Å². The molecule has 1 nitrogen and oxygen atoms in total. The lowest BCUT2D eigenvalue weighted by atomic mass is 10.0. The molecule has 0 rings (SSSR count). The van der Waals surface area contributed by atoms with Crippen molar-refractivity contribution in [3.05, 3.63) is 35.6 Å². The summed E-state index contributed by atoms with van der Waals surface area (Å²) in [6.45, 7) is 8.63. The van der Waals surface area contributed by atoms with Crippen LogP contribution in [0, 0.1) is 5.92 Å². The van der Waals surface area contributed by atoms with Gasteiger partial charge in [-0.2, -0.15) is 0 Å². The molecule has 0 aliphatic rings. The largest absolute Gasteiger partial charge is 0.388 e. The molecule has 0 spiro atoms. The highest BCUT2D eigenvalue weighted by atomic mass is 14.8. The molecule has 14 heavy (non-hydrogen) atoms. The molecule has 0 aromatic carbocycles. The van der Waals surface area contributed by atoms with Crippen LogP contribution in [0.2, 0.25) is 0 Å². The zero-order valence-corrected chi connectivity index (χ0v) is 10.1. The fourth-order valence-electron chi connectivity index (χ4n) is 1.24. The Kier molecular flexibility index (Phi) is 6.91. The lowest BCUT2D eigenvalue weighted by Gasteiger charge is -2.09. The van der Waals surface area contributed by atoms with Gasteiger partial charge in [0.1, 0.15) is 0 Å². The minimum absolute atomic E-state index is 0.650. The first kappa shape index (κ1) is 13.0. The van der Waals surface area contributed by atoms with Gasteiger partial charge < -0.3 is 5.32 Å². The minimum atomic E-state index is 0.650. The zero-order chi connectivity index (χ0) is 11.0. The fourth-order valence-corrected chi connectivity index (χ4v) is 1.24. The van der Waals surface area contributed by atoms with Crippen molar-refractivity contribution < 1.29 is 0 Å². The highest BCUT2D eigenvalue weighted by molar-refractivity contribution is 5.30. The Bertz CT molecular complexity index is 234. The molecule has 0 saturated heterocycles. The minimum Gasteiger partial charge on any atom is -0.388 e. The van der Waals surface area contributed by atoms with Crippen molar-refractivity contribution in [2.45, 2.75) is 34.1 Å². The van der Waals surface area contributed by atoms with Crippen molar-refractivity contribution in [1.82, 2.24) is 5.32 Å². The number of rotatable bonds is 5. The van der Waals surface area contributed by atoms with Gasteiger partial charge >= 0.3 is 0 Å². The molecule has 1 N–H and O–H groups in total. The Labute approximate surface area is 88.6 Å². The van der Waals surface area contributed by atoms with Crippen molar-refractivity contribution in [3.63, 3.8) is 0 Å². The molecule has 0 aromatic heterocycles. The van der Waals surface area contributed by atoms with Crippen LogP contribution in [0.3, 0.4) is 0 Å². The third-order valence-electron chi connectivity index (χ3n) is 2.33. The van der Waals surface area contributed by atoms with Gasteiger partial charge in [-0.15, -0.1) is 0 Å². The van der Waals surface area contributed by atoms with Crippen LogP contribution < -0.4 is 5.32 Å². The lowest BCUT2D eigenvalue weighted by Crippen LogP contribution is -2.07. The molecule has 1 unspecified atom stereocenters. The van der Waals surface area contributed by atoms with E-state index in [9.17, 15) is 0 Å². The van der Waals surface area contributed by atoms with Crippen LogP contribution in [0.1, 0.15) is 34.1 Å². The van der Waals surface area contributed by atoms with Gasteiger partial charge in [0, 0.05) is 12.7 Å². The quantitative estimate of drug-likeness (QED) is 0.657.